The molecule has 4 heterocycles. The molecule has 1 aromatic carbocycles. The number of anilines is 2. The van der Waals surface area contributed by atoms with Crippen LogP contribution in [0.15, 0.2) is 43.0 Å². The molecule has 214 valence electrons. The maximum atomic E-state index is 15.1. The second kappa shape index (κ2) is 11.0. The number of fused-ring (bicyclic) bond motifs is 1. The first kappa shape index (κ1) is 26.5. The van der Waals surface area contributed by atoms with Crippen molar-refractivity contribution in [3.63, 3.8) is 0 Å². The highest BCUT2D eigenvalue weighted by atomic mass is 19.1. The highest BCUT2D eigenvalue weighted by Gasteiger charge is 2.35. The van der Waals surface area contributed by atoms with E-state index in [0.29, 0.717) is 43.2 Å². The second-order valence-corrected chi connectivity index (χ2v) is 10.3. The molecule has 0 radical (unpaired) electrons. The lowest BCUT2D eigenvalue weighted by atomic mass is 10.2. The van der Waals surface area contributed by atoms with Gasteiger partial charge < -0.3 is 29.6 Å². The normalized spacial score (nSPS) is 18.9. The molecule has 3 aliphatic rings. The van der Waals surface area contributed by atoms with Crippen LogP contribution in [0.1, 0.15) is 23.3 Å². The fourth-order valence-electron chi connectivity index (χ4n) is 4.97. The Morgan fingerprint density at radius 3 is 2.63 bits per heavy atom. The molecule has 6 rings (SSSR count). The Balaban J connectivity index is 0.984. The number of carbonyl (C=O) groups is 4. The van der Waals surface area contributed by atoms with E-state index in [4.69, 9.17) is 4.74 Å². The number of ether oxygens (including phenoxy) is 1. The van der Waals surface area contributed by atoms with Crippen molar-refractivity contribution in [2.24, 2.45) is 5.92 Å². The molecule has 2 aromatic heterocycles. The predicted octanol–water partition coefficient (Wildman–Crippen LogP) is 0.798. The monoisotopic (exact) mass is 564 g/mol. The summed E-state index contributed by atoms with van der Waals surface area (Å²) in [5.41, 5.74) is 1.46. The number of halogens is 1. The summed E-state index contributed by atoms with van der Waals surface area (Å²) in [6, 6.07) is 4.57. The van der Waals surface area contributed by atoms with E-state index in [1.165, 1.54) is 17.2 Å². The van der Waals surface area contributed by atoms with Crippen LogP contribution in [0.5, 0.6) is 0 Å². The zero-order valence-electron chi connectivity index (χ0n) is 22.2. The van der Waals surface area contributed by atoms with Gasteiger partial charge in [0.25, 0.3) is 5.91 Å². The molecule has 41 heavy (non-hydrogen) atoms. The molecule has 14 heteroatoms. The van der Waals surface area contributed by atoms with Gasteiger partial charge in [-0.2, -0.15) is 0 Å². The number of hydrogen-bond acceptors (Lipinski definition) is 8. The van der Waals surface area contributed by atoms with Crippen molar-refractivity contribution >= 4 is 40.8 Å². The topological polar surface area (TPSA) is 141 Å². The van der Waals surface area contributed by atoms with Crippen molar-refractivity contribution < 1.29 is 28.3 Å². The van der Waals surface area contributed by atoms with Crippen LogP contribution in [-0.2, 0) is 14.3 Å². The molecule has 13 nitrogen and oxygen atoms in total. The molecule has 3 aromatic rings. The predicted molar refractivity (Wildman–Crippen MR) is 144 cm³/mol. The van der Waals surface area contributed by atoms with Gasteiger partial charge in [0.15, 0.2) is 5.65 Å². The average Bonchev–Trinajstić information content (AvgIpc) is 3.64. The SMILES string of the molecule is O=C(NCC(=O)N1CCN(c2ccc(N3CC(CNC(=O)C4CC4)OC3=O)cc2F)CC1)c1cn2ccncc2n1. The lowest BCUT2D eigenvalue weighted by molar-refractivity contribution is -0.130. The van der Waals surface area contributed by atoms with Crippen LogP contribution in [0.2, 0.25) is 0 Å². The van der Waals surface area contributed by atoms with Crippen LogP contribution in [0.3, 0.4) is 0 Å². The zero-order valence-corrected chi connectivity index (χ0v) is 22.2. The van der Waals surface area contributed by atoms with Crippen molar-refractivity contribution in [3.8, 4) is 0 Å². The van der Waals surface area contributed by atoms with Gasteiger partial charge in [-0.3, -0.25) is 24.3 Å². The molecule has 2 N–H and O–H groups in total. The van der Waals surface area contributed by atoms with E-state index in [2.05, 4.69) is 20.6 Å². The number of cyclic esters (lactones) is 1. The number of nitrogens with one attached hydrogen (secondary N) is 2. The van der Waals surface area contributed by atoms with E-state index < -0.39 is 23.9 Å². The molecule has 2 aliphatic heterocycles. The standard InChI is InChI=1S/C27H29FN8O5/c28-20-11-18(36-15-19(41-27(36)40)12-30-25(38)17-1-2-17)3-4-22(20)33-7-9-34(10-8-33)24(37)14-31-26(39)21-16-35-6-5-29-13-23(35)32-21/h3-6,11,13,16-17,19H,1-2,7-10,12,14-15H2,(H,30,38)(H,31,39). The number of hydrogen-bond donors (Lipinski definition) is 2. The fourth-order valence-corrected chi connectivity index (χ4v) is 4.97. The molecule has 2 saturated heterocycles. The van der Waals surface area contributed by atoms with Gasteiger partial charge in [-0.25, -0.2) is 14.2 Å². The first-order valence-electron chi connectivity index (χ1n) is 13.5. The van der Waals surface area contributed by atoms with Crippen LogP contribution < -0.4 is 20.4 Å². The van der Waals surface area contributed by atoms with Crippen LogP contribution >= 0.6 is 0 Å². The number of benzene rings is 1. The van der Waals surface area contributed by atoms with Gasteiger partial charge >= 0.3 is 6.09 Å². The summed E-state index contributed by atoms with van der Waals surface area (Å²) in [5.74, 6) is -1.15. The highest BCUT2D eigenvalue weighted by Crippen LogP contribution is 2.30. The molecule has 1 unspecified atom stereocenters. The first-order chi connectivity index (χ1) is 19.9. The summed E-state index contributed by atoms with van der Waals surface area (Å²) in [7, 11) is 0. The molecule has 1 aliphatic carbocycles. The number of imidazole rings is 1. The maximum absolute atomic E-state index is 15.1. The number of piperazine rings is 1. The number of nitrogens with zero attached hydrogens (tertiary/aromatic N) is 6. The summed E-state index contributed by atoms with van der Waals surface area (Å²) in [6.45, 7) is 1.81. The molecule has 0 bridgehead atoms. The summed E-state index contributed by atoms with van der Waals surface area (Å²) in [6.07, 6.45) is 7.05. The number of carbonyl (C=O) groups excluding carboxylic acids is 4. The molecular formula is C27H29FN8O5. The van der Waals surface area contributed by atoms with E-state index in [9.17, 15) is 19.2 Å². The number of amides is 4. The largest absolute Gasteiger partial charge is 0.442 e. The third-order valence-electron chi connectivity index (χ3n) is 7.44. The Bertz CT molecular complexity index is 1470. The van der Waals surface area contributed by atoms with Crippen molar-refractivity contribution in [1.29, 1.82) is 0 Å². The quantitative estimate of drug-likeness (QED) is 0.409. The first-order valence-corrected chi connectivity index (χ1v) is 13.5. The van der Waals surface area contributed by atoms with Crippen molar-refractivity contribution in [3.05, 3.63) is 54.5 Å². The van der Waals surface area contributed by atoms with E-state index in [1.807, 2.05) is 4.90 Å². The highest BCUT2D eigenvalue weighted by molar-refractivity contribution is 5.95. The summed E-state index contributed by atoms with van der Waals surface area (Å²) < 4.78 is 22.2. The minimum absolute atomic E-state index is 0.0254. The van der Waals surface area contributed by atoms with Gasteiger partial charge in [-0.05, 0) is 31.0 Å². The van der Waals surface area contributed by atoms with Crippen molar-refractivity contribution in [1.82, 2.24) is 29.9 Å². The Hall–Kier alpha value is -4.75. The average molecular weight is 565 g/mol. The van der Waals surface area contributed by atoms with Gasteiger partial charge in [-0.1, -0.05) is 0 Å². The number of rotatable bonds is 8. The molecule has 3 fully saturated rings. The summed E-state index contributed by atoms with van der Waals surface area (Å²) in [4.78, 5) is 62.4. The molecule has 1 atom stereocenters. The lowest BCUT2D eigenvalue weighted by Crippen LogP contribution is -2.51. The Labute approximate surface area is 234 Å². The number of aromatic nitrogens is 3. The van der Waals surface area contributed by atoms with Crippen LogP contribution in [0.25, 0.3) is 5.65 Å². The third-order valence-corrected chi connectivity index (χ3v) is 7.44. The molecule has 1 saturated carbocycles. The minimum Gasteiger partial charge on any atom is -0.442 e. The van der Waals surface area contributed by atoms with Crippen molar-refractivity contribution in [2.75, 3.05) is 55.6 Å². The Morgan fingerprint density at radius 1 is 1.10 bits per heavy atom. The van der Waals surface area contributed by atoms with E-state index >= 15 is 4.39 Å². The van der Waals surface area contributed by atoms with Gasteiger partial charge in [0.1, 0.15) is 17.6 Å². The van der Waals surface area contributed by atoms with Gasteiger partial charge in [0.05, 0.1) is 37.2 Å². The Kier molecular flexibility index (Phi) is 7.12. The lowest BCUT2D eigenvalue weighted by Gasteiger charge is -2.36. The van der Waals surface area contributed by atoms with E-state index in [0.717, 1.165) is 12.8 Å². The van der Waals surface area contributed by atoms with E-state index in [-0.39, 0.29) is 43.1 Å². The van der Waals surface area contributed by atoms with Gasteiger partial charge in [-0.15, -0.1) is 0 Å². The third kappa shape index (κ3) is 5.76. The van der Waals surface area contributed by atoms with Crippen molar-refractivity contribution in [2.45, 2.75) is 18.9 Å². The van der Waals surface area contributed by atoms with E-state index in [1.54, 1.807) is 40.0 Å². The molecule has 0 spiro atoms. The minimum atomic E-state index is -0.583. The fraction of sp³-hybridized carbons (Fsp3) is 0.407. The van der Waals surface area contributed by atoms with Gasteiger partial charge in [0.2, 0.25) is 11.8 Å². The van der Waals surface area contributed by atoms with Gasteiger partial charge in [0, 0.05) is 50.7 Å². The molecular weight excluding hydrogens is 535 g/mol. The molecule has 4 amide bonds. The Morgan fingerprint density at radius 2 is 1.90 bits per heavy atom. The summed E-state index contributed by atoms with van der Waals surface area (Å²) >= 11 is 0. The van der Waals surface area contributed by atoms with Crippen LogP contribution in [0, 0.1) is 11.7 Å². The maximum Gasteiger partial charge on any atom is 0.414 e. The summed E-state index contributed by atoms with van der Waals surface area (Å²) in [5, 5.41) is 5.41. The zero-order chi connectivity index (χ0) is 28.5. The smallest absolute Gasteiger partial charge is 0.414 e. The second-order valence-electron chi connectivity index (χ2n) is 10.3. The van der Waals surface area contributed by atoms with Crippen LogP contribution in [0.4, 0.5) is 20.6 Å². The van der Waals surface area contributed by atoms with Crippen LogP contribution in [-0.4, -0.2) is 95.0 Å².